The second-order valence-electron chi connectivity index (χ2n) is 10.5. The standard InChI is InChI=1S/C32H29N7O4/c1-2-42-32(41)28-27-29(39(35-28)23-13-14-26-25(17-23)30(33)36-43-26)31(40)38(19-34-27)22-11-9-20(10-12-22)24-8-4-3-7-21(24)18-37-15-5-6-16-37/h3-4,7-14,17,19H,2,5-6,15-16,18H2,1H3,(H2,33,36). The Kier molecular flexibility index (Phi) is 6.71. The van der Waals surface area contributed by atoms with E-state index in [-0.39, 0.29) is 29.2 Å². The molecule has 1 aliphatic heterocycles. The van der Waals surface area contributed by atoms with Gasteiger partial charge in [-0.2, -0.15) is 5.10 Å². The topological polar surface area (TPSA) is 134 Å². The normalized spacial score (nSPS) is 13.7. The Bertz CT molecular complexity index is 2040. The zero-order valence-corrected chi connectivity index (χ0v) is 23.6. The Morgan fingerprint density at radius 2 is 1.79 bits per heavy atom. The number of anilines is 1. The molecule has 4 heterocycles. The average molecular weight is 576 g/mol. The first-order chi connectivity index (χ1) is 21.0. The number of nitrogen functional groups attached to an aromatic ring is 1. The Morgan fingerprint density at radius 1 is 1.02 bits per heavy atom. The molecule has 0 unspecified atom stereocenters. The van der Waals surface area contributed by atoms with Gasteiger partial charge in [-0.05, 0) is 79.9 Å². The molecule has 2 N–H and O–H groups in total. The van der Waals surface area contributed by atoms with Gasteiger partial charge in [0.1, 0.15) is 11.8 Å². The first-order valence-corrected chi connectivity index (χ1v) is 14.3. The summed E-state index contributed by atoms with van der Waals surface area (Å²) in [6, 6.07) is 21.3. The number of esters is 1. The van der Waals surface area contributed by atoms with Crippen molar-refractivity contribution in [3.8, 4) is 22.5 Å². The maximum absolute atomic E-state index is 14.0. The fourth-order valence-corrected chi connectivity index (χ4v) is 5.71. The van der Waals surface area contributed by atoms with Crippen molar-refractivity contribution in [2.75, 3.05) is 25.4 Å². The van der Waals surface area contributed by atoms with Gasteiger partial charge in [0.15, 0.2) is 22.6 Å². The molecule has 1 fully saturated rings. The van der Waals surface area contributed by atoms with E-state index in [4.69, 9.17) is 15.0 Å². The van der Waals surface area contributed by atoms with Crippen molar-refractivity contribution in [2.24, 2.45) is 0 Å². The molecule has 3 aromatic carbocycles. The molecule has 11 heteroatoms. The number of likely N-dealkylation sites (tertiary alicyclic amines) is 1. The number of benzene rings is 3. The summed E-state index contributed by atoms with van der Waals surface area (Å²) in [6.07, 6.45) is 3.90. The lowest BCUT2D eigenvalue weighted by atomic mass is 9.99. The summed E-state index contributed by atoms with van der Waals surface area (Å²) in [5.74, 6) is -0.463. The Hall–Kier alpha value is -5.29. The zero-order chi connectivity index (χ0) is 29.5. The smallest absolute Gasteiger partial charge is 0.361 e. The van der Waals surface area contributed by atoms with Gasteiger partial charge in [-0.3, -0.25) is 14.3 Å². The number of rotatable bonds is 7. The number of fused-ring (bicyclic) bond motifs is 2. The monoisotopic (exact) mass is 575 g/mol. The minimum Gasteiger partial charge on any atom is -0.461 e. The van der Waals surface area contributed by atoms with E-state index in [1.165, 1.54) is 39.5 Å². The van der Waals surface area contributed by atoms with Gasteiger partial charge in [-0.15, -0.1) is 0 Å². The lowest BCUT2D eigenvalue weighted by Gasteiger charge is -2.18. The number of carbonyl (C=O) groups excluding carboxylic acids is 1. The number of nitrogens with two attached hydrogens (primary N) is 1. The quantitative estimate of drug-likeness (QED) is 0.268. The highest BCUT2D eigenvalue weighted by Gasteiger charge is 2.24. The summed E-state index contributed by atoms with van der Waals surface area (Å²) in [5, 5.41) is 8.83. The second-order valence-corrected chi connectivity index (χ2v) is 10.5. The fourth-order valence-electron chi connectivity index (χ4n) is 5.71. The molecule has 11 nitrogen and oxygen atoms in total. The van der Waals surface area contributed by atoms with Gasteiger partial charge in [-0.1, -0.05) is 41.6 Å². The van der Waals surface area contributed by atoms with Crippen LogP contribution < -0.4 is 11.3 Å². The van der Waals surface area contributed by atoms with E-state index in [1.807, 2.05) is 30.3 Å². The molecule has 43 heavy (non-hydrogen) atoms. The van der Waals surface area contributed by atoms with Crippen LogP contribution in [-0.4, -0.2) is 55.1 Å². The van der Waals surface area contributed by atoms with Gasteiger partial charge >= 0.3 is 5.97 Å². The number of ether oxygens (including phenoxy) is 1. The summed E-state index contributed by atoms with van der Waals surface area (Å²) in [6.45, 7) is 5.02. The van der Waals surface area contributed by atoms with Crippen molar-refractivity contribution < 1.29 is 14.1 Å². The molecule has 0 aliphatic carbocycles. The van der Waals surface area contributed by atoms with Crippen LogP contribution in [0.15, 0.2) is 82.4 Å². The molecule has 1 saturated heterocycles. The highest BCUT2D eigenvalue weighted by atomic mass is 16.5. The van der Waals surface area contributed by atoms with Gasteiger partial charge < -0.3 is 15.0 Å². The van der Waals surface area contributed by atoms with Crippen LogP contribution >= 0.6 is 0 Å². The molecule has 216 valence electrons. The van der Waals surface area contributed by atoms with Crippen LogP contribution in [0.4, 0.5) is 5.82 Å². The van der Waals surface area contributed by atoms with Gasteiger partial charge in [0.25, 0.3) is 5.56 Å². The van der Waals surface area contributed by atoms with E-state index in [1.54, 1.807) is 25.1 Å². The zero-order valence-electron chi connectivity index (χ0n) is 23.6. The molecule has 1 aliphatic rings. The van der Waals surface area contributed by atoms with E-state index in [0.717, 1.165) is 25.2 Å². The van der Waals surface area contributed by atoms with Crippen molar-refractivity contribution in [3.63, 3.8) is 0 Å². The van der Waals surface area contributed by atoms with Crippen molar-refractivity contribution >= 4 is 33.8 Å². The first-order valence-electron chi connectivity index (χ1n) is 14.3. The summed E-state index contributed by atoms with van der Waals surface area (Å²) in [7, 11) is 0. The highest BCUT2D eigenvalue weighted by Crippen LogP contribution is 2.28. The number of hydrogen-bond acceptors (Lipinski definition) is 9. The largest absolute Gasteiger partial charge is 0.461 e. The molecule has 7 rings (SSSR count). The van der Waals surface area contributed by atoms with E-state index >= 15 is 0 Å². The van der Waals surface area contributed by atoms with E-state index in [2.05, 4.69) is 38.3 Å². The lowest BCUT2D eigenvalue weighted by molar-refractivity contribution is 0.0521. The number of nitrogens with zero attached hydrogens (tertiary/aromatic N) is 6. The fraction of sp³-hybridized carbons (Fsp3) is 0.219. The average Bonchev–Trinajstić information content (AvgIpc) is 3.77. The third kappa shape index (κ3) is 4.73. The summed E-state index contributed by atoms with van der Waals surface area (Å²) in [4.78, 5) is 33.8. The molecular formula is C32H29N7O4. The SMILES string of the molecule is CCOC(=O)c1nn(-c2ccc3onc(N)c3c2)c2c(=O)n(-c3ccc(-c4ccccc4CN4CCCC4)cc3)cnc12. The predicted molar refractivity (Wildman–Crippen MR) is 162 cm³/mol. The van der Waals surface area contributed by atoms with Gasteiger partial charge in [0.05, 0.1) is 23.4 Å². The summed E-state index contributed by atoms with van der Waals surface area (Å²) < 4.78 is 13.3. The number of carbonyl (C=O) groups is 1. The van der Waals surface area contributed by atoms with Crippen LogP contribution in [0.25, 0.3) is 44.5 Å². The van der Waals surface area contributed by atoms with E-state index in [0.29, 0.717) is 22.3 Å². The maximum atomic E-state index is 14.0. The van der Waals surface area contributed by atoms with Crippen LogP contribution in [-0.2, 0) is 11.3 Å². The van der Waals surface area contributed by atoms with Crippen molar-refractivity contribution in [1.29, 1.82) is 0 Å². The highest BCUT2D eigenvalue weighted by molar-refractivity contribution is 6.00. The van der Waals surface area contributed by atoms with Gasteiger partial charge in [0, 0.05) is 6.54 Å². The third-order valence-electron chi connectivity index (χ3n) is 7.85. The van der Waals surface area contributed by atoms with Crippen molar-refractivity contribution in [2.45, 2.75) is 26.3 Å². The molecule has 0 spiro atoms. The molecule has 0 saturated carbocycles. The molecule has 0 atom stereocenters. The lowest BCUT2D eigenvalue weighted by Crippen LogP contribution is -2.21. The van der Waals surface area contributed by atoms with Crippen molar-refractivity contribution in [3.05, 3.63) is 94.7 Å². The Labute approximate surface area is 246 Å². The minimum absolute atomic E-state index is 0.0514. The summed E-state index contributed by atoms with van der Waals surface area (Å²) in [5.41, 5.74) is 10.9. The maximum Gasteiger partial charge on any atom is 0.361 e. The molecular weight excluding hydrogens is 546 g/mol. The molecule has 3 aromatic heterocycles. The number of hydrogen-bond donors (Lipinski definition) is 1. The molecule has 0 radical (unpaired) electrons. The van der Waals surface area contributed by atoms with Crippen LogP contribution in [0.5, 0.6) is 0 Å². The second kappa shape index (κ2) is 10.8. The first kappa shape index (κ1) is 26.6. The van der Waals surface area contributed by atoms with Crippen LogP contribution in [0.3, 0.4) is 0 Å². The molecule has 0 bridgehead atoms. The van der Waals surface area contributed by atoms with E-state index in [9.17, 15) is 9.59 Å². The molecule has 0 amide bonds. The third-order valence-corrected chi connectivity index (χ3v) is 7.85. The minimum atomic E-state index is -0.668. The van der Waals surface area contributed by atoms with Crippen molar-refractivity contribution in [1.82, 2.24) is 29.4 Å². The Balaban J connectivity index is 1.31. The summed E-state index contributed by atoms with van der Waals surface area (Å²) >= 11 is 0. The van der Waals surface area contributed by atoms with Gasteiger partial charge in [0.2, 0.25) is 0 Å². The Morgan fingerprint density at radius 3 is 2.58 bits per heavy atom. The van der Waals surface area contributed by atoms with Crippen LogP contribution in [0.2, 0.25) is 0 Å². The van der Waals surface area contributed by atoms with Crippen LogP contribution in [0.1, 0.15) is 35.8 Å². The number of aromatic nitrogens is 5. The molecule has 6 aromatic rings. The predicted octanol–water partition coefficient (Wildman–Crippen LogP) is 4.73. The van der Waals surface area contributed by atoms with E-state index < -0.39 is 11.5 Å². The van der Waals surface area contributed by atoms with Gasteiger partial charge in [-0.25, -0.2) is 14.5 Å². The van der Waals surface area contributed by atoms with Crippen LogP contribution in [0, 0.1) is 0 Å².